The molecule has 3 N–H and O–H groups in total. The third kappa shape index (κ3) is 2.80. The van der Waals surface area contributed by atoms with Gasteiger partial charge in [-0.05, 0) is 32.0 Å². The topological polar surface area (TPSA) is 70.6 Å². The number of aromatic nitrogens is 4. The molecule has 0 amide bonds. The van der Waals surface area contributed by atoms with E-state index in [9.17, 15) is 0 Å². The Morgan fingerprint density at radius 1 is 1.30 bits per heavy atom. The van der Waals surface area contributed by atoms with Crippen molar-refractivity contribution < 1.29 is 0 Å². The Bertz CT molecular complexity index is 830. The van der Waals surface area contributed by atoms with Gasteiger partial charge in [0.15, 0.2) is 0 Å². The maximum atomic E-state index is 6.41. The second-order valence-electron chi connectivity index (χ2n) is 6.00. The van der Waals surface area contributed by atoms with Gasteiger partial charge < -0.3 is 15.6 Å². The fourth-order valence-corrected chi connectivity index (χ4v) is 3.29. The van der Waals surface area contributed by atoms with Crippen molar-refractivity contribution in [3.05, 3.63) is 29.7 Å². The number of H-pyrrole nitrogens is 1. The van der Waals surface area contributed by atoms with Gasteiger partial charge in [0, 0.05) is 30.2 Å². The molecule has 0 atom stereocenters. The van der Waals surface area contributed by atoms with Crippen LogP contribution in [0.15, 0.2) is 24.7 Å². The van der Waals surface area contributed by atoms with Crippen molar-refractivity contribution in [1.82, 2.24) is 25.1 Å². The molecule has 4 rings (SSSR count). The molecule has 23 heavy (non-hydrogen) atoms. The molecule has 0 aliphatic carbocycles. The van der Waals surface area contributed by atoms with E-state index in [0.29, 0.717) is 11.1 Å². The minimum Gasteiger partial charge on any atom is -0.380 e. The molecule has 0 spiro atoms. The van der Waals surface area contributed by atoms with Crippen LogP contribution in [0.4, 0.5) is 5.69 Å². The SMILES string of the molecule is Cn1cc(-c2cc3c(NC4CCNCC4)c(Cl)cnc3[nH]2)cn1. The molecule has 6 nitrogen and oxygen atoms in total. The van der Waals surface area contributed by atoms with Crippen molar-refractivity contribution in [3.63, 3.8) is 0 Å². The van der Waals surface area contributed by atoms with Crippen molar-refractivity contribution >= 4 is 28.3 Å². The van der Waals surface area contributed by atoms with Crippen LogP contribution in [0, 0.1) is 0 Å². The van der Waals surface area contributed by atoms with E-state index >= 15 is 0 Å². The van der Waals surface area contributed by atoms with Gasteiger partial charge in [-0.3, -0.25) is 4.68 Å². The number of hydrogen-bond donors (Lipinski definition) is 3. The highest BCUT2D eigenvalue weighted by Gasteiger charge is 2.17. The van der Waals surface area contributed by atoms with Crippen LogP contribution in [-0.2, 0) is 7.05 Å². The molecule has 0 aromatic carbocycles. The van der Waals surface area contributed by atoms with E-state index in [1.54, 1.807) is 10.9 Å². The molecular weight excluding hydrogens is 312 g/mol. The highest BCUT2D eigenvalue weighted by Crippen LogP contribution is 2.33. The normalized spacial score (nSPS) is 16.1. The summed E-state index contributed by atoms with van der Waals surface area (Å²) in [5, 5.41) is 12.9. The zero-order valence-corrected chi connectivity index (χ0v) is 13.7. The molecular formula is C16H19ClN6. The van der Waals surface area contributed by atoms with Crippen molar-refractivity contribution in [2.45, 2.75) is 18.9 Å². The lowest BCUT2D eigenvalue weighted by Crippen LogP contribution is -2.35. The van der Waals surface area contributed by atoms with Gasteiger partial charge in [0.25, 0.3) is 0 Å². The van der Waals surface area contributed by atoms with Crippen LogP contribution in [0.1, 0.15) is 12.8 Å². The summed E-state index contributed by atoms with van der Waals surface area (Å²) in [7, 11) is 1.91. The molecule has 7 heteroatoms. The van der Waals surface area contributed by atoms with Crippen molar-refractivity contribution in [3.8, 4) is 11.3 Å². The third-order valence-corrected chi connectivity index (χ3v) is 4.60. The van der Waals surface area contributed by atoms with Gasteiger partial charge in [-0.1, -0.05) is 11.6 Å². The number of piperidine rings is 1. The lowest BCUT2D eigenvalue weighted by Gasteiger charge is -2.25. The minimum absolute atomic E-state index is 0.441. The first-order chi connectivity index (χ1) is 11.2. The standard InChI is InChI=1S/C16H19ClN6/c1-23-9-10(7-20-23)14-6-12-15(13(17)8-19-16(12)22-14)21-11-2-4-18-5-3-11/h6-9,11,18H,2-5H2,1H3,(H2,19,21,22). The number of hydrogen-bond acceptors (Lipinski definition) is 4. The van der Waals surface area contributed by atoms with Crippen LogP contribution in [-0.4, -0.2) is 38.9 Å². The Hall–Kier alpha value is -2.05. The number of rotatable bonds is 3. The van der Waals surface area contributed by atoms with E-state index in [1.165, 1.54) is 0 Å². The molecule has 1 fully saturated rings. The van der Waals surface area contributed by atoms with Crippen LogP contribution >= 0.6 is 11.6 Å². The second kappa shape index (κ2) is 5.86. The molecule has 120 valence electrons. The zero-order valence-electron chi connectivity index (χ0n) is 12.9. The van der Waals surface area contributed by atoms with E-state index in [0.717, 1.165) is 53.9 Å². The summed E-state index contributed by atoms with van der Waals surface area (Å²) in [5.74, 6) is 0. The van der Waals surface area contributed by atoms with Gasteiger partial charge in [0.1, 0.15) is 5.65 Å². The number of aryl methyl sites for hydroxylation is 1. The number of pyridine rings is 1. The van der Waals surface area contributed by atoms with Crippen molar-refractivity contribution in [2.24, 2.45) is 7.05 Å². The molecule has 0 saturated carbocycles. The fraction of sp³-hybridized carbons (Fsp3) is 0.375. The zero-order chi connectivity index (χ0) is 15.8. The lowest BCUT2D eigenvalue weighted by atomic mass is 10.1. The molecule has 4 heterocycles. The van der Waals surface area contributed by atoms with E-state index in [-0.39, 0.29) is 0 Å². The summed E-state index contributed by atoms with van der Waals surface area (Å²) in [4.78, 5) is 7.78. The number of nitrogens with zero attached hydrogens (tertiary/aromatic N) is 3. The van der Waals surface area contributed by atoms with E-state index in [2.05, 4.69) is 31.8 Å². The van der Waals surface area contributed by atoms with E-state index < -0.39 is 0 Å². The molecule has 1 aliphatic heterocycles. The monoisotopic (exact) mass is 330 g/mol. The molecule has 3 aromatic heterocycles. The molecule has 0 radical (unpaired) electrons. The van der Waals surface area contributed by atoms with Crippen molar-refractivity contribution in [1.29, 1.82) is 0 Å². The number of halogens is 1. The van der Waals surface area contributed by atoms with Crippen LogP contribution in [0.2, 0.25) is 5.02 Å². The molecule has 3 aromatic rings. The van der Waals surface area contributed by atoms with Gasteiger partial charge in [-0.25, -0.2) is 4.98 Å². The number of anilines is 1. The Labute approximate surface area is 139 Å². The van der Waals surface area contributed by atoms with Gasteiger partial charge >= 0.3 is 0 Å². The van der Waals surface area contributed by atoms with Gasteiger partial charge in [0.05, 0.1) is 28.8 Å². The largest absolute Gasteiger partial charge is 0.380 e. The smallest absolute Gasteiger partial charge is 0.139 e. The summed E-state index contributed by atoms with van der Waals surface area (Å²) < 4.78 is 1.79. The average molecular weight is 331 g/mol. The van der Waals surface area contributed by atoms with Crippen LogP contribution < -0.4 is 10.6 Å². The highest BCUT2D eigenvalue weighted by atomic mass is 35.5. The maximum Gasteiger partial charge on any atom is 0.139 e. The Kier molecular flexibility index (Phi) is 3.71. The maximum absolute atomic E-state index is 6.41. The number of fused-ring (bicyclic) bond motifs is 1. The summed E-state index contributed by atoms with van der Waals surface area (Å²) in [6.07, 6.45) is 7.72. The van der Waals surface area contributed by atoms with E-state index in [1.807, 2.05) is 19.4 Å². The predicted molar refractivity (Wildman–Crippen MR) is 92.8 cm³/mol. The quantitative estimate of drug-likeness (QED) is 0.690. The fourth-order valence-electron chi connectivity index (χ4n) is 3.08. The molecule has 1 saturated heterocycles. The van der Waals surface area contributed by atoms with Gasteiger partial charge in [-0.15, -0.1) is 0 Å². The number of aromatic amines is 1. The first-order valence-corrected chi connectivity index (χ1v) is 8.22. The summed E-state index contributed by atoms with van der Waals surface area (Å²) >= 11 is 6.41. The van der Waals surface area contributed by atoms with E-state index in [4.69, 9.17) is 11.6 Å². The second-order valence-corrected chi connectivity index (χ2v) is 6.40. The summed E-state index contributed by atoms with van der Waals surface area (Å²) in [6.45, 7) is 2.08. The Balaban J connectivity index is 1.73. The Morgan fingerprint density at radius 3 is 2.87 bits per heavy atom. The van der Waals surface area contributed by atoms with Crippen LogP contribution in [0.3, 0.4) is 0 Å². The van der Waals surface area contributed by atoms with Gasteiger partial charge in [0.2, 0.25) is 0 Å². The highest BCUT2D eigenvalue weighted by molar-refractivity contribution is 6.34. The van der Waals surface area contributed by atoms with Crippen molar-refractivity contribution in [2.75, 3.05) is 18.4 Å². The predicted octanol–water partition coefficient (Wildman–Crippen LogP) is 2.78. The first kappa shape index (κ1) is 14.5. The lowest BCUT2D eigenvalue weighted by molar-refractivity contribution is 0.479. The number of nitrogens with one attached hydrogen (secondary N) is 3. The average Bonchev–Trinajstić information content (AvgIpc) is 3.17. The minimum atomic E-state index is 0.441. The molecule has 0 unspecified atom stereocenters. The molecule has 1 aliphatic rings. The van der Waals surface area contributed by atoms with Gasteiger partial charge in [-0.2, -0.15) is 5.10 Å². The Morgan fingerprint density at radius 2 is 2.13 bits per heavy atom. The summed E-state index contributed by atoms with van der Waals surface area (Å²) in [6, 6.07) is 2.53. The molecule has 0 bridgehead atoms. The summed E-state index contributed by atoms with van der Waals surface area (Å²) in [5.41, 5.74) is 3.84. The first-order valence-electron chi connectivity index (χ1n) is 7.84. The van der Waals surface area contributed by atoms with Crippen LogP contribution in [0.5, 0.6) is 0 Å². The third-order valence-electron chi connectivity index (χ3n) is 4.32. The van der Waals surface area contributed by atoms with Crippen LogP contribution in [0.25, 0.3) is 22.3 Å².